The van der Waals surface area contributed by atoms with E-state index in [1.165, 1.54) is 18.8 Å². The van der Waals surface area contributed by atoms with E-state index < -0.39 is 0 Å². The van der Waals surface area contributed by atoms with Gasteiger partial charge in [0, 0.05) is 13.3 Å². The minimum atomic E-state index is 0.719. The van der Waals surface area contributed by atoms with Crippen LogP contribution in [0, 0.1) is 0 Å². The van der Waals surface area contributed by atoms with E-state index in [0.717, 1.165) is 6.04 Å². The average Bonchev–Trinajstić information content (AvgIpc) is 1.93. The third-order valence-corrected chi connectivity index (χ3v) is 2.61. The van der Waals surface area contributed by atoms with E-state index >= 15 is 0 Å². The second kappa shape index (κ2) is 2.60. The van der Waals surface area contributed by atoms with Crippen molar-refractivity contribution in [3.63, 3.8) is 0 Å². The van der Waals surface area contributed by atoms with Gasteiger partial charge < -0.3 is 0 Å². The zero-order chi connectivity index (χ0) is 7.72. The van der Waals surface area contributed by atoms with Crippen molar-refractivity contribution in [3.05, 3.63) is 0 Å². The van der Waals surface area contributed by atoms with Gasteiger partial charge in [0.25, 0.3) is 0 Å². The van der Waals surface area contributed by atoms with E-state index in [1.54, 1.807) is 0 Å². The van der Waals surface area contributed by atoms with Crippen LogP contribution in [0.2, 0.25) is 0 Å². The molecule has 58 valence electrons. The average molecular weight is 141 g/mol. The van der Waals surface area contributed by atoms with E-state index in [1.807, 2.05) is 0 Å². The number of hydrogen-bond donors (Lipinski definition) is 0. The Morgan fingerprint density at radius 1 is 1.60 bits per heavy atom. The fraction of sp³-hybridized carbons (Fsp3) is 0.875. The predicted molar refractivity (Wildman–Crippen MR) is 43.6 cm³/mol. The van der Waals surface area contributed by atoms with Crippen LogP contribution in [0.3, 0.4) is 0 Å². The summed E-state index contributed by atoms with van der Waals surface area (Å²) in [5.41, 5.74) is 0. The molecule has 0 aromatic carbocycles. The van der Waals surface area contributed by atoms with Crippen molar-refractivity contribution in [1.29, 1.82) is 0 Å². The lowest BCUT2D eigenvalue weighted by molar-refractivity contribution is -0.510. The van der Waals surface area contributed by atoms with Gasteiger partial charge in [0.2, 0.25) is 5.84 Å². The molecule has 0 aromatic rings. The fourth-order valence-corrected chi connectivity index (χ4v) is 1.32. The van der Waals surface area contributed by atoms with Crippen LogP contribution in [-0.4, -0.2) is 42.0 Å². The van der Waals surface area contributed by atoms with E-state index in [-0.39, 0.29) is 0 Å². The normalized spacial score (nSPS) is 27.6. The Bertz CT molecular complexity index is 161. The van der Waals surface area contributed by atoms with Crippen molar-refractivity contribution >= 4 is 5.84 Å². The number of nitrogens with zero attached hydrogens (tertiary/aromatic N) is 2. The molecule has 0 fully saturated rings. The maximum atomic E-state index is 2.34. The maximum absolute atomic E-state index is 2.34. The second-order valence-electron chi connectivity index (χ2n) is 3.22. The van der Waals surface area contributed by atoms with Crippen LogP contribution in [0.5, 0.6) is 0 Å². The molecule has 1 heterocycles. The minimum absolute atomic E-state index is 0.719. The van der Waals surface area contributed by atoms with Crippen LogP contribution in [-0.2, 0) is 0 Å². The second-order valence-corrected chi connectivity index (χ2v) is 3.22. The Morgan fingerprint density at radius 3 is 2.70 bits per heavy atom. The highest BCUT2D eigenvalue weighted by Gasteiger charge is 2.23. The number of amidine groups is 1. The molecule has 0 radical (unpaired) electrons. The molecule has 0 aromatic heterocycles. The molecule has 1 atom stereocenters. The quantitative estimate of drug-likeness (QED) is 0.452. The highest BCUT2D eigenvalue weighted by Crippen LogP contribution is 2.06. The van der Waals surface area contributed by atoms with Gasteiger partial charge in [0.15, 0.2) is 0 Å². The molecule has 2 nitrogen and oxygen atoms in total. The minimum Gasteiger partial charge on any atom is -0.269 e. The standard InChI is InChI=1S/C8H17N2/c1-7-5-6-9(3)8(2)10(7)4/h7H,5-6H2,1-4H3/q+1. The number of hydrogen-bond acceptors (Lipinski definition) is 1. The third kappa shape index (κ3) is 1.15. The van der Waals surface area contributed by atoms with Gasteiger partial charge in [-0.2, -0.15) is 0 Å². The molecular weight excluding hydrogens is 124 g/mol. The van der Waals surface area contributed by atoms with Crippen LogP contribution >= 0.6 is 0 Å². The molecule has 0 bridgehead atoms. The summed E-state index contributed by atoms with van der Waals surface area (Å²) in [4.78, 5) is 2.34. The first-order valence-electron chi connectivity index (χ1n) is 3.90. The van der Waals surface area contributed by atoms with Gasteiger partial charge in [0.05, 0.1) is 26.7 Å². The zero-order valence-corrected chi connectivity index (χ0v) is 7.39. The molecule has 0 N–H and O–H groups in total. The first kappa shape index (κ1) is 7.58. The SMILES string of the molecule is CC1=[N+](C)CCC(C)N1C. The van der Waals surface area contributed by atoms with E-state index in [2.05, 4.69) is 37.4 Å². The Morgan fingerprint density at radius 2 is 2.20 bits per heavy atom. The Kier molecular flexibility index (Phi) is 1.97. The third-order valence-electron chi connectivity index (χ3n) is 2.61. The molecule has 2 heteroatoms. The van der Waals surface area contributed by atoms with Crippen LogP contribution < -0.4 is 0 Å². The zero-order valence-electron chi connectivity index (χ0n) is 7.39. The molecule has 10 heavy (non-hydrogen) atoms. The van der Waals surface area contributed by atoms with Crippen molar-refractivity contribution in [2.45, 2.75) is 26.3 Å². The lowest BCUT2D eigenvalue weighted by Crippen LogP contribution is -2.44. The van der Waals surface area contributed by atoms with Gasteiger partial charge in [0.1, 0.15) is 0 Å². The molecule has 0 aliphatic carbocycles. The van der Waals surface area contributed by atoms with Crippen molar-refractivity contribution in [2.24, 2.45) is 0 Å². The smallest absolute Gasteiger partial charge is 0.243 e. The van der Waals surface area contributed by atoms with E-state index in [4.69, 9.17) is 0 Å². The topological polar surface area (TPSA) is 6.25 Å². The molecule has 1 aliphatic rings. The Balaban J connectivity index is 2.77. The summed E-state index contributed by atoms with van der Waals surface area (Å²) in [6.07, 6.45) is 1.28. The Hall–Kier alpha value is -0.530. The molecule has 1 unspecified atom stereocenters. The van der Waals surface area contributed by atoms with E-state index in [9.17, 15) is 0 Å². The maximum Gasteiger partial charge on any atom is 0.243 e. The lowest BCUT2D eigenvalue weighted by atomic mass is 10.1. The van der Waals surface area contributed by atoms with Crippen LogP contribution in [0.1, 0.15) is 20.3 Å². The summed E-state index contributed by atoms with van der Waals surface area (Å²) in [7, 11) is 4.31. The van der Waals surface area contributed by atoms with Gasteiger partial charge in [-0.25, -0.2) is 0 Å². The van der Waals surface area contributed by atoms with E-state index in [0.29, 0.717) is 0 Å². The molecule has 0 saturated heterocycles. The molecule has 1 aliphatic heterocycles. The summed E-state index contributed by atoms with van der Waals surface area (Å²) < 4.78 is 2.31. The fourth-order valence-electron chi connectivity index (χ4n) is 1.32. The first-order valence-corrected chi connectivity index (χ1v) is 3.90. The van der Waals surface area contributed by atoms with Crippen LogP contribution in [0.25, 0.3) is 0 Å². The molecule has 1 rings (SSSR count). The van der Waals surface area contributed by atoms with Crippen molar-refractivity contribution in [3.8, 4) is 0 Å². The number of rotatable bonds is 0. The van der Waals surface area contributed by atoms with Gasteiger partial charge in [-0.1, -0.05) is 0 Å². The summed E-state index contributed by atoms with van der Waals surface area (Å²) in [6, 6.07) is 0.719. The highest BCUT2D eigenvalue weighted by atomic mass is 15.2. The highest BCUT2D eigenvalue weighted by molar-refractivity contribution is 5.74. The largest absolute Gasteiger partial charge is 0.269 e. The van der Waals surface area contributed by atoms with Crippen molar-refractivity contribution in [1.82, 2.24) is 4.90 Å². The van der Waals surface area contributed by atoms with Crippen LogP contribution in [0.4, 0.5) is 0 Å². The molecule has 0 amide bonds. The summed E-state index contributed by atoms with van der Waals surface area (Å²) >= 11 is 0. The van der Waals surface area contributed by atoms with Gasteiger partial charge in [-0.3, -0.25) is 9.48 Å². The molecular formula is C8H17N2+. The molecule has 0 spiro atoms. The summed E-state index contributed by atoms with van der Waals surface area (Å²) in [5, 5.41) is 0. The van der Waals surface area contributed by atoms with Crippen molar-refractivity contribution < 1.29 is 4.58 Å². The van der Waals surface area contributed by atoms with Crippen LogP contribution in [0.15, 0.2) is 0 Å². The molecule has 0 saturated carbocycles. The summed E-state index contributed by atoms with van der Waals surface area (Å²) in [6.45, 7) is 5.66. The van der Waals surface area contributed by atoms with Gasteiger partial charge in [-0.15, -0.1) is 0 Å². The lowest BCUT2D eigenvalue weighted by Gasteiger charge is -2.26. The Labute approximate surface area is 63.2 Å². The monoisotopic (exact) mass is 141 g/mol. The predicted octanol–water partition coefficient (Wildman–Crippen LogP) is 0.771. The summed E-state index contributed by atoms with van der Waals surface area (Å²) in [5.74, 6) is 1.39. The van der Waals surface area contributed by atoms with Gasteiger partial charge in [-0.05, 0) is 6.92 Å². The van der Waals surface area contributed by atoms with Crippen molar-refractivity contribution in [2.75, 3.05) is 20.6 Å². The van der Waals surface area contributed by atoms with Gasteiger partial charge >= 0.3 is 0 Å². The first-order chi connectivity index (χ1) is 4.63.